The molecule has 1 atom stereocenters. The Morgan fingerprint density at radius 3 is 2.73 bits per heavy atom. The first-order valence-corrected chi connectivity index (χ1v) is 3.93. The van der Waals surface area contributed by atoms with Gasteiger partial charge in [-0.25, -0.2) is 4.39 Å². The lowest BCUT2D eigenvalue weighted by Gasteiger charge is -2.15. The van der Waals surface area contributed by atoms with Crippen LogP contribution < -0.4 is 0 Å². The molecule has 1 aliphatic heterocycles. The molecule has 0 fully saturated rings. The molecule has 0 aromatic heterocycles. The molecule has 0 aliphatic carbocycles. The van der Waals surface area contributed by atoms with Gasteiger partial charge in [0.05, 0.1) is 5.71 Å². The molecule has 1 heterocycles. The van der Waals surface area contributed by atoms with Gasteiger partial charge in [-0.05, 0) is 20.3 Å². The number of hydrogen-bond acceptors (Lipinski definition) is 2. The van der Waals surface area contributed by atoms with E-state index in [1.54, 1.807) is 11.9 Å². The molecule has 1 aliphatic rings. The molecule has 0 N–H and O–H groups in total. The molecular formula is C8H14FN2. The Labute approximate surface area is 67.1 Å². The van der Waals surface area contributed by atoms with Crippen molar-refractivity contribution < 1.29 is 4.39 Å². The molecule has 0 aromatic rings. The van der Waals surface area contributed by atoms with Crippen LogP contribution in [0.1, 0.15) is 27.2 Å². The molecule has 0 spiro atoms. The fraction of sp³-hybridized carbons (Fsp3) is 0.750. The highest BCUT2D eigenvalue weighted by Crippen LogP contribution is 2.25. The maximum atomic E-state index is 13.4. The van der Waals surface area contributed by atoms with Crippen LogP contribution >= 0.6 is 0 Å². The van der Waals surface area contributed by atoms with Gasteiger partial charge >= 0.3 is 0 Å². The first-order valence-electron chi connectivity index (χ1n) is 3.93. The van der Waals surface area contributed by atoms with E-state index in [-0.39, 0.29) is 0 Å². The van der Waals surface area contributed by atoms with Crippen molar-refractivity contribution in [3.05, 3.63) is 6.54 Å². The van der Waals surface area contributed by atoms with Gasteiger partial charge in [-0.2, -0.15) is 5.10 Å². The molecule has 2 nitrogen and oxygen atoms in total. The lowest BCUT2D eigenvalue weighted by molar-refractivity contribution is 0.260. The predicted molar refractivity (Wildman–Crippen MR) is 43.9 cm³/mol. The minimum atomic E-state index is -1.32. The SMILES string of the molecule is CCCN1[CH]C(C)(F)C(C)=N1. The van der Waals surface area contributed by atoms with E-state index in [2.05, 4.69) is 5.10 Å². The maximum Gasteiger partial charge on any atom is 0.171 e. The summed E-state index contributed by atoms with van der Waals surface area (Å²) in [5.74, 6) is 0. The highest BCUT2D eigenvalue weighted by atomic mass is 19.1. The normalized spacial score (nSPS) is 30.9. The Balaban J connectivity index is 2.56. The van der Waals surface area contributed by atoms with E-state index in [0.717, 1.165) is 13.0 Å². The summed E-state index contributed by atoms with van der Waals surface area (Å²) in [5.41, 5.74) is -0.777. The van der Waals surface area contributed by atoms with Crippen molar-refractivity contribution in [2.75, 3.05) is 6.54 Å². The summed E-state index contributed by atoms with van der Waals surface area (Å²) in [6, 6.07) is 0. The van der Waals surface area contributed by atoms with Gasteiger partial charge in [0.15, 0.2) is 5.67 Å². The first-order chi connectivity index (χ1) is 5.06. The average Bonchev–Trinajstić information content (AvgIpc) is 2.08. The summed E-state index contributed by atoms with van der Waals surface area (Å²) in [5, 5.41) is 5.73. The van der Waals surface area contributed by atoms with Crippen LogP contribution in [0, 0.1) is 6.54 Å². The maximum absolute atomic E-state index is 13.4. The largest absolute Gasteiger partial charge is 0.288 e. The van der Waals surface area contributed by atoms with Gasteiger partial charge in [0.25, 0.3) is 0 Å². The third kappa shape index (κ3) is 1.70. The molecule has 11 heavy (non-hydrogen) atoms. The molecule has 1 unspecified atom stereocenters. The zero-order valence-corrected chi connectivity index (χ0v) is 7.26. The van der Waals surface area contributed by atoms with E-state index >= 15 is 0 Å². The fourth-order valence-electron chi connectivity index (χ4n) is 1.04. The minimum absolute atomic E-state index is 0.547. The summed E-state index contributed by atoms with van der Waals surface area (Å²) >= 11 is 0. The number of alkyl halides is 1. The van der Waals surface area contributed by atoms with E-state index in [4.69, 9.17) is 0 Å². The first kappa shape index (κ1) is 8.50. The second kappa shape index (κ2) is 2.80. The highest BCUT2D eigenvalue weighted by Gasteiger charge is 2.35. The zero-order chi connectivity index (χ0) is 8.48. The second-order valence-corrected chi connectivity index (χ2v) is 3.05. The van der Waals surface area contributed by atoms with Gasteiger partial charge in [0, 0.05) is 6.54 Å². The van der Waals surface area contributed by atoms with Crippen LogP contribution in [0.4, 0.5) is 4.39 Å². The molecule has 0 amide bonds. The number of hydrogen-bond donors (Lipinski definition) is 0. The molecule has 1 rings (SSSR count). The van der Waals surface area contributed by atoms with Crippen molar-refractivity contribution in [2.45, 2.75) is 32.9 Å². The number of halogens is 1. The smallest absolute Gasteiger partial charge is 0.171 e. The third-order valence-electron chi connectivity index (χ3n) is 1.83. The van der Waals surface area contributed by atoms with E-state index in [9.17, 15) is 4.39 Å². The Bertz CT molecular complexity index is 175. The van der Waals surface area contributed by atoms with E-state index in [0.29, 0.717) is 5.71 Å². The van der Waals surface area contributed by atoms with Gasteiger partial charge in [0.2, 0.25) is 0 Å². The van der Waals surface area contributed by atoms with E-state index in [1.165, 1.54) is 13.5 Å². The lowest BCUT2D eigenvalue weighted by Crippen LogP contribution is -2.26. The minimum Gasteiger partial charge on any atom is -0.288 e. The van der Waals surface area contributed by atoms with Crippen molar-refractivity contribution >= 4 is 5.71 Å². The van der Waals surface area contributed by atoms with Crippen molar-refractivity contribution in [1.82, 2.24) is 5.01 Å². The molecule has 63 valence electrons. The van der Waals surface area contributed by atoms with Gasteiger partial charge in [-0.15, -0.1) is 0 Å². The van der Waals surface area contributed by atoms with E-state index in [1.807, 2.05) is 6.92 Å². The van der Waals surface area contributed by atoms with Crippen LogP contribution in [0.5, 0.6) is 0 Å². The van der Waals surface area contributed by atoms with Crippen LogP contribution in [0.25, 0.3) is 0 Å². The third-order valence-corrected chi connectivity index (χ3v) is 1.83. The van der Waals surface area contributed by atoms with Crippen molar-refractivity contribution in [3.8, 4) is 0 Å². The standard InChI is InChI=1S/C8H14FN2/c1-4-5-11-6-8(3,9)7(2)10-11/h6H,4-5H2,1-3H3. The Hall–Kier alpha value is -0.600. The Morgan fingerprint density at radius 1 is 1.73 bits per heavy atom. The van der Waals surface area contributed by atoms with Crippen molar-refractivity contribution in [3.63, 3.8) is 0 Å². The molecule has 0 saturated heterocycles. The van der Waals surface area contributed by atoms with Crippen LogP contribution in [0.15, 0.2) is 5.10 Å². The summed E-state index contributed by atoms with van der Waals surface area (Å²) in [4.78, 5) is 0. The lowest BCUT2D eigenvalue weighted by atomic mass is 10.1. The number of nitrogens with zero attached hydrogens (tertiary/aromatic N) is 2. The zero-order valence-electron chi connectivity index (χ0n) is 7.26. The second-order valence-electron chi connectivity index (χ2n) is 3.05. The highest BCUT2D eigenvalue weighted by molar-refractivity contribution is 5.92. The summed E-state index contributed by atoms with van der Waals surface area (Å²) in [7, 11) is 0. The quantitative estimate of drug-likeness (QED) is 0.598. The van der Waals surface area contributed by atoms with E-state index < -0.39 is 5.67 Å². The molecule has 0 bridgehead atoms. The van der Waals surface area contributed by atoms with Crippen LogP contribution in [0.3, 0.4) is 0 Å². The molecule has 3 heteroatoms. The molecular weight excluding hydrogens is 143 g/mol. The molecule has 1 radical (unpaired) electrons. The summed E-state index contributed by atoms with van der Waals surface area (Å²) in [6.45, 7) is 7.63. The monoisotopic (exact) mass is 157 g/mol. The Morgan fingerprint density at radius 2 is 2.36 bits per heavy atom. The molecule has 0 aromatic carbocycles. The van der Waals surface area contributed by atoms with Crippen molar-refractivity contribution in [2.24, 2.45) is 5.10 Å². The summed E-state index contributed by atoms with van der Waals surface area (Å²) < 4.78 is 13.4. The topological polar surface area (TPSA) is 15.6 Å². The summed E-state index contributed by atoms with van der Waals surface area (Å²) in [6.07, 6.45) is 0.989. The number of rotatable bonds is 2. The average molecular weight is 157 g/mol. The molecule has 0 saturated carbocycles. The van der Waals surface area contributed by atoms with Crippen LogP contribution in [-0.4, -0.2) is 22.9 Å². The van der Waals surface area contributed by atoms with Crippen LogP contribution in [-0.2, 0) is 0 Å². The van der Waals surface area contributed by atoms with Gasteiger partial charge in [-0.1, -0.05) is 6.92 Å². The Kier molecular flexibility index (Phi) is 2.16. The van der Waals surface area contributed by atoms with Crippen LogP contribution in [0.2, 0.25) is 0 Å². The number of hydrazone groups is 1. The van der Waals surface area contributed by atoms with Crippen molar-refractivity contribution in [1.29, 1.82) is 0 Å². The van der Waals surface area contributed by atoms with Gasteiger partial charge in [0.1, 0.15) is 6.54 Å². The predicted octanol–water partition coefficient (Wildman–Crippen LogP) is 1.98. The van der Waals surface area contributed by atoms with Gasteiger partial charge in [-0.3, -0.25) is 5.01 Å². The fourth-order valence-corrected chi connectivity index (χ4v) is 1.04. The van der Waals surface area contributed by atoms with Gasteiger partial charge < -0.3 is 0 Å².